The lowest BCUT2D eigenvalue weighted by Gasteiger charge is -2.34. The first kappa shape index (κ1) is 21.7. The fraction of sp³-hybridized carbons (Fsp3) is 0.357. The van der Waals surface area contributed by atoms with Gasteiger partial charge in [-0.3, -0.25) is 4.90 Å². The molecule has 2 heterocycles. The van der Waals surface area contributed by atoms with Crippen LogP contribution in [0.15, 0.2) is 66.7 Å². The molecular weight excluding hydrogens is 414 g/mol. The molecule has 0 amide bonds. The Balaban J connectivity index is 1.33. The molecule has 5 heteroatoms. The van der Waals surface area contributed by atoms with E-state index in [2.05, 4.69) is 17.0 Å². The SMILES string of the molecule is Oc1ccc([C@@H]2Cc3ccc(O)cc3O[C@@H]2c2ccc(OCCN3CCCCC3)cc2)cc1. The molecule has 0 bridgehead atoms. The van der Waals surface area contributed by atoms with Gasteiger partial charge in [-0.05, 0) is 79.4 Å². The van der Waals surface area contributed by atoms with E-state index >= 15 is 0 Å². The number of ether oxygens (including phenoxy) is 2. The second kappa shape index (κ2) is 9.75. The highest BCUT2D eigenvalue weighted by Crippen LogP contribution is 2.45. The van der Waals surface area contributed by atoms with Crippen LogP contribution >= 0.6 is 0 Å². The molecule has 1 fully saturated rings. The van der Waals surface area contributed by atoms with Gasteiger partial charge >= 0.3 is 0 Å². The summed E-state index contributed by atoms with van der Waals surface area (Å²) in [5.74, 6) is 2.13. The van der Waals surface area contributed by atoms with Crippen molar-refractivity contribution < 1.29 is 19.7 Å². The number of likely N-dealkylation sites (tertiary alicyclic amines) is 1. The lowest BCUT2D eigenvalue weighted by Crippen LogP contribution is -2.33. The molecule has 2 atom stereocenters. The number of hydrogen-bond acceptors (Lipinski definition) is 5. The van der Waals surface area contributed by atoms with E-state index in [1.54, 1.807) is 24.3 Å². The van der Waals surface area contributed by atoms with Gasteiger partial charge in [0.05, 0.1) is 0 Å². The van der Waals surface area contributed by atoms with E-state index in [0.29, 0.717) is 6.61 Å². The van der Waals surface area contributed by atoms with Crippen LogP contribution < -0.4 is 9.47 Å². The zero-order chi connectivity index (χ0) is 22.6. The van der Waals surface area contributed by atoms with Gasteiger partial charge in [0.2, 0.25) is 0 Å². The fourth-order valence-electron chi connectivity index (χ4n) is 4.93. The highest BCUT2D eigenvalue weighted by Gasteiger charge is 2.32. The summed E-state index contributed by atoms with van der Waals surface area (Å²) in [5, 5.41) is 19.7. The van der Waals surface area contributed by atoms with Crippen molar-refractivity contribution in [2.45, 2.75) is 37.7 Å². The molecule has 5 rings (SSSR count). The van der Waals surface area contributed by atoms with E-state index in [0.717, 1.165) is 41.2 Å². The summed E-state index contributed by atoms with van der Waals surface area (Å²) < 4.78 is 12.4. The second-order valence-corrected chi connectivity index (χ2v) is 9.05. The Bertz CT molecular complexity index is 1060. The number of phenols is 2. The molecule has 172 valence electrons. The van der Waals surface area contributed by atoms with Gasteiger partial charge in [0, 0.05) is 18.5 Å². The van der Waals surface area contributed by atoms with Crippen LogP contribution in [0.5, 0.6) is 23.0 Å². The molecule has 5 nitrogen and oxygen atoms in total. The predicted octanol–water partition coefficient (Wildman–Crippen LogP) is 5.42. The van der Waals surface area contributed by atoms with Gasteiger partial charge < -0.3 is 19.7 Å². The monoisotopic (exact) mass is 445 g/mol. The number of fused-ring (bicyclic) bond motifs is 1. The largest absolute Gasteiger partial charge is 0.508 e. The Morgan fingerprint density at radius 3 is 2.27 bits per heavy atom. The Morgan fingerprint density at radius 1 is 0.818 bits per heavy atom. The minimum Gasteiger partial charge on any atom is -0.508 e. The van der Waals surface area contributed by atoms with Crippen LogP contribution in [0.1, 0.15) is 48.0 Å². The van der Waals surface area contributed by atoms with E-state index in [1.807, 2.05) is 30.3 Å². The van der Waals surface area contributed by atoms with Crippen LogP contribution in [0.2, 0.25) is 0 Å². The third-order valence-corrected chi connectivity index (χ3v) is 6.76. The quantitative estimate of drug-likeness (QED) is 0.530. The van der Waals surface area contributed by atoms with Crippen molar-refractivity contribution in [1.82, 2.24) is 4.90 Å². The summed E-state index contributed by atoms with van der Waals surface area (Å²) in [6, 6.07) is 20.8. The van der Waals surface area contributed by atoms with Gasteiger partial charge in [0.25, 0.3) is 0 Å². The minimum absolute atomic E-state index is 0.0912. The third kappa shape index (κ3) is 5.09. The Morgan fingerprint density at radius 2 is 1.52 bits per heavy atom. The number of benzene rings is 3. The van der Waals surface area contributed by atoms with E-state index in [9.17, 15) is 10.2 Å². The molecule has 33 heavy (non-hydrogen) atoms. The maximum Gasteiger partial charge on any atom is 0.131 e. The average Bonchev–Trinajstić information content (AvgIpc) is 2.85. The normalized spacial score (nSPS) is 20.6. The highest BCUT2D eigenvalue weighted by atomic mass is 16.5. The van der Waals surface area contributed by atoms with Gasteiger partial charge in [-0.2, -0.15) is 0 Å². The van der Waals surface area contributed by atoms with Crippen molar-refractivity contribution in [3.05, 3.63) is 83.4 Å². The zero-order valence-corrected chi connectivity index (χ0v) is 18.8. The first-order valence-electron chi connectivity index (χ1n) is 11.9. The van der Waals surface area contributed by atoms with Gasteiger partial charge in [-0.1, -0.05) is 36.8 Å². The standard InChI is InChI=1S/C28H31NO4/c30-23-9-4-20(5-10-23)26-18-22-6-11-24(31)19-27(22)33-28(26)21-7-12-25(13-8-21)32-17-16-29-14-2-1-3-15-29/h4-13,19,26,28,30-31H,1-3,14-18H2/t26-,28+/m0/s1. The van der Waals surface area contributed by atoms with Gasteiger partial charge in [-0.15, -0.1) is 0 Å². The smallest absolute Gasteiger partial charge is 0.131 e. The van der Waals surface area contributed by atoms with Gasteiger partial charge in [-0.25, -0.2) is 0 Å². The molecule has 3 aromatic carbocycles. The maximum absolute atomic E-state index is 9.94. The van der Waals surface area contributed by atoms with Crippen LogP contribution in [0.4, 0.5) is 0 Å². The molecule has 3 aromatic rings. The molecule has 0 spiro atoms. The van der Waals surface area contributed by atoms with Crippen LogP contribution in [0.25, 0.3) is 0 Å². The van der Waals surface area contributed by atoms with Crippen LogP contribution in [-0.4, -0.2) is 41.4 Å². The minimum atomic E-state index is -0.203. The fourth-order valence-corrected chi connectivity index (χ4v) is 4.93. The van der Waals surface area contributed by atoms with Crippen molar-refractivity contribution >= 4 is 0 Å². The molecule has 1 saturated heterocycles. The third-order valence-electron chi connectivity index (χ3n) is 6.76. The summed E-state index contributed by atoms with van der Waals surface area (Å²) in [5.41, 5.74) is 3.24. The number of aromatic hydroxyl groups is 2. The summed E-state index contributed by atoms with van der Waals surface area (Å²) >= 11 is 0. The van der Waals surface area contributed by atoms with Crippen molar-refractivity contribution in [2.75, 3.05) is 26.2 Å². The molecular formula is C28H31NO4. The first-order chi connectivity index (χ1) is 16.2. The Labute approximate surface area is 195 Å². The number of phenolic OH excluding ortho intramolecular Hbond substituents is 2. The molecule has 2 aliphatic rings. The maximum atomic E-state index is 9.94. The van der Waals surface area contributed by atoms with Crippen molar-refractivity contribution in [2.24, 2.45) is 0 Å². The molecule has 0 radical (unpaired) electrons. The molecule has 2 N–H and O–H groups in total. The lowest BCUT2D eigenvalue weighted by atomic mass is 9.82. The first-order valence-corrected chi connectivity index (χ1v) is 11.9. The molecule has 0 saturated carbocycles. The van der Waals surface area contributed by atoms with E-state index in [1.165, 1.54) is 32.4 Å². The molecule has 0 unspecified atom stereocenters. The summed E-state index contributed by atoms with van der Waals surface area (Å²) in [4.78, 5) is 2.48. The second-order valence-electron chi connectivity index (χ2n) is 9.05. The average molecular weight is 446 g/mol. The van der Waals surface area contributed by atoms with Crippen LogP contribution in [-0.2, 0) is 6.42 Å². The molecule has 2 aliphatic heterocycles. The number of nitrogens with zero attached hydrogens (tertiary/aromatic N) is 1. The summed E-state index contributed by atoms with van der Waals surface area (Å²) in [6.45, 7) is 4.02. The predicted molar refractivity (Wildman–Crippen MR) is 128 cm³/mol. The number of rotatable bonds is 6. The number of piperidine rings is 1. The van der Waals surface area contributed by atoms with Gasteiger partial charge in [0.1, 0.15) is 35.7 Å². The van der Waals surface area contributed by atoms with Crippen molar-refractivity contribution in [3.63, 3.8) is 0 Å². The van der Waals surface area contributed by atoms with E-state index in [-0.39, 0.29) is 23.5 Å². The lowest BCUT2D eigenvalue weighted by molar-refractivity contribution is 0.150. The Kier molecular flexibility index (Phi) is 6.40. The molecule has 0 aromatic heterocycles. The van der Waals surface area contributed by atoms with Crippen LogP contribution in [0, 0.1) is 0 Å². The summed E-state index contributed by atoms with van der Waals surface area (Å²) in [7, 11) is 0. The van der Waals surface area contributed by atoms with Crippen molar-refractivity contribution in [3.8, 4) is 23.0 Å². The summed E-state index contributed by atoms with van der Waals surface area (Å²) in [6.07, 6.45) is 4.51. The molecule has 0 aliphatic carbocycles. The zero-order valence-electron chi connectivity index (χ0n) is 18.8. The Hall–Kier alpha value is -3.18. The van der Waals surface area contributed by atoms with Gasteiger partial charge in [0.15, 0.2) is 0 Å². The highest BCUT2D eigenvalue weighted by molar-refractivity contribution is 5.45. The van der Waals surface area contributed by atoms with E-state index < -0.39 is 0 Å². The topological polar surface area (TPSA) is 62.2 Å². The number of hydrogen-bond donors (Lipinski definition) is 2. The van der Waals surface area contributed by atoms with Crippen molar-refractivity contribution in [1.29, 1.82) is 0 Å². The van der Waals surface area contributed by atoms with E-state index in [4.69, 9.17) is 9.47 Å². The van der Waals surface area contributed by atoms with Crippen LogP contribution in [0.3, 0.4) is 0 Å².